The molecule has 1 aromatic heterocycles. The van der Waals surface area contributed by atoms with Gasteiger partial charge < -0.3 is 10.1 Å². The maximum Gasteiger partial charge on any atom is 0.141 e. The highest BCUT2D eigenvalue weighted by Crippen LogP contribution is 2.23. The van der Waals surface area contributed by atoms with E-state index in [0.717, 1.165) is 41.9 Å². The Kier molecular flexibility index (Phi) is 5.74. The Labute approximate surface area is 128 Å². The fourth-order valence-electron chi connectivity index (χ4n) is 2.45. The summed E-state index contributed by atoms with van der Waals surface area (Å²) in [5.74, 6) is 0.205. The van der Waals surface area contributed by atoms with Crippen LogP contribution in [0.1, 0.15) is 31.7 Å². The Hall–Kier alpha value is -0.720. The third kappa shape index (κ3) is 3.68. The number of halogens is 1. The topological polar surface area (TPSA) is 56.2 Å². The van der Waals surface area contributed by atoms with Gasteiger partial charge in [-0.2, -0.15) is 5.10 Å². The van der Waals surface area contributed by atoms with Crippen molar-refractivity contribution < 1.29 is 9.53 Å². The van der Waals surface area contributed by atoms with Crippen molar-refractivity contribution in [2.24, 2.45) is 0 Å². The van der Waals surface area contributed by atoms with Crippen LogP contribution in [-0.4, -0.2) is 41.4 Å². The zero-order chi connectivity index (χ0) is 14.5. The van der Waals surface area contributed by atoms with Crippen LogP contribution in [0.2, 0.25) is 0 Å². The first-order valence-electron chi connectivity index (χ1n) is 7.23. The largest absolute Gasteiger partial charge is 0.375 e. The molecule has 0 amide bonds. The highest BCUT2D eigenvalue weighted by molar-refractivity contribution is 9.10. The average molecular weight is 344 g/mol. The van der Waals surface area contributed by atoms with Crippen molar-refractivity contribution in [1.29, 1.82) is 0 Å². The molecule has 1 saturated heterocycles. The van der Waals surface area contributed by atoms with Gasteiger partial charge in [-0.15, -0.1) is 0 Å². The Bertz CT molecular complexity index is 467. The van der Waals surface area contributed by atoms with E-state index >= 15 is 0 Å². The number of hydrogen-bond donors (Lipinski definition) is 1. The number of Topliss-reactive ketones (excluding diaryl/α,β-unsaturated/α-hetero) is 1. The lowest BCUT2D eigenvalue weighted by Crippen LogP contribution is -2.39. The standard InChI is InChI=1S/C14H22BrN3O2/c1-3-12-14(15)13(18(4-2)17-12)8-10(19)7-11-9-16-5-6-20-11/h11,16H,3-9H2,1-2H3. The minimum atomic E-state index is 0.0127. The van der Waals surface area contributed by atoms with Crippen LogP contribution in [0.4, 0.5) is 0 Å². The van der Waals surface area contributed by atoms with Crippen LogP contribution in [0.15, 0.2) is 4.47 Å². The fraction of sp³-hybridized carbons (Fsp3) is 0.714. The van der Waals surface area contributed by atoms with E-state index in [1.54, 1.807) is 0 Å². The van der Waals surface area contributed by atoms with Gasteiger partial charge in [0, 0.05) is 32.5 Å². The van der Waals surface area contributed by atoms with Crippen LogP contribution in [0, 0.1) is 0 Å². The molecule has 2 heterocycles. The van der Waals surface area contributed by atoms with E-state index in [9.17, 15) is 4.79 Å². The predicted molar refractivity (Wildman–Crippen MR) is 80.9 cm³/mol. The van der Waals surface area contributed by atoms with Crippen molar-refractivity contribution in [2.75, 3.05) is 19.7 Å². The van der Waals surface area contributed by atoms with E-state index in [1.165, 1.54) is 0 Å². The Morgan fingerprint density at radius 3 is 2.95 bits per heavy atom. The lowest BCUT2D eigenvalue weighted by Gasteiger charge is -2.22. The molecule has 1 aliphatic rings. The molecule has 1 atom stereocenters. The highest BCUT2D eigenvalue weighted by Gasteiger charge is 2.21. The van der Waals surface area contributed by atoms with Gasteiger partial charge in [0.1, 0.15) is 5.78 Å². The van der Waals surface area contributed by atoms with Crippen LogP contribution in [0.5, 0.6) is 0 Å². The third-order valence-electron chi connectivity index (χ3n) is 3.52. The predicted octanol–water partition coefficient (Wildman–Crippen LogP) is 1.72. The molecule has 1 aromatic rings. The van der Waals surface area contributed by atoms with E-state index in [-0.39, 0.29) is 11.9 Å². The van der Waals surface area contributed by atoms with Crippen molar-refractivity contribution in [1.82, 2.24) is 15.1 Å². The second kappa shape index (κ2) is 7.33. The van der Waals surface area contributed by atoms with Gasteiger partial charge in [-0.05, 0) is 29.3 Å². The van der Waals surface area contributed by atoms with E-state index in [4.69, 9.17) is 4.74 Å². The molecular weight excluding hydrogens is 322 g/mol. The molecule has 0 bridgehead atoms. The number of carbonyl (C=O) groups excluding carboxylic acids is 1. The zero-order valence-corrected chi connectivity index (χ0v) is 13.7. The molecule has 2 rings (SSSR count). The quantitative estimate of drug-likeness (QED) is 0.854. The van der Waals surface area contributed by atoms with E-state index in [1.807, 2.05) is 11.6 Å². The molecule has 0 spiro atoms. The minimum absolute atomic E-state index is 0.0127. The normalized spacial score (nSPS) is 19.2. The lowest BCUT2D eigenvalue weighted by molar-refractivity contribution is -0.121. The molecule has 0 aliphatic carbocycles. The molecule has 6 heteroatoms. The Morgan fingerprint density at radius 2 is 2.35 bits per heavy atom. The van der Waals surface area contributed by atoms with E-state index in [0.29, 0.717) is 19.4 Å². The first-order chi connectivity index (χ1) is 9.65. The van der Waals surface area contributed by atoms with Crippen LogP contribution in [-0.2, 0) is 28.9 Å². The summed E-state index contributed by atoms with van der Waals surface area (Å²) in [5.41, 5.74) is 2.00. The number of carbonyl (C=O) groups is 1. The van der Waals surface area contributed by atoms with Gasteiger partial charge in [-0.3, -0.25) is 9.48 Å². The minimum Gasteiger partial charge on any atom is -0.375 e. The summed E-state index contributed by atoms with van der Waals surface area (Å²) in [6, 6.07) is 0. The number of nitrogens with zero attached hydrogens (tertiary/aromatic N) is 2. The number of rotatable bonds is 6. The molecule has 1 N–H and O–H groups in total. The second-order valence-corrected chi connectivity index (χ2v) is 5.79. The molecule has 1 aliphatic heterocycles. The average Bonchev–Trinajstić information content (AvgIpc) is 2.76. The van der Waals surface area contributed by atoms with Gasteiger partial charge in [0.15, 0.2) is 0 Å². The summed E-state index contributed by atoms with van der Waals surface area (Å²) < 4.78 is 8.48. The van der Waals surface area contributed by atoms with Crippen molar-refractivity contribution in [2.45, 2.75) is 45.8 Å². The molecule has 1 fully saturated rings. The summed E-state index contributed by atoms with van der Waals surface area (Å²) in [6.45, 7) is 7.22. The second-order valence-electron chi connectivity index (χ2n) is 4.99. The van der Waals surface area contributed by atoms with Crippen molar-refractivity contribution in [3.8, 4) is 0 Å². The van der Waals surface area contributed by atoms with Gasteiger partial charge in [-0.25, -0.2) is 0 Å². The van der Waals surface area contributed by atoms with Gasteiger partial charge in [-0.1, -0.05) is 6.92 Å². The lowest BCUT2D eigenvalue weighted by atomic mass is 10.1. The van der Waals surface area contributed by atoms with Gasteiger partial charge in [0.2, 0.25) is 0 Å². The summed E-state index contributed by atoms with van der Waals surface area (Å²) in [4.78, 5) is 12.2. The van der Waals surface area contributed by atoms with E-state index < -0.39 is 0 Å². The number of ether oxygens (including phenoxy) is 1. The van der Waals surface area contributed by atoms with Crippen molar-refractivity contribution in [3.05, 3.63) is 15.9 Å². The van der Waals surface area contributed by atoms with Crippen LogP contribution < -0.4 is 5.32 Å². The number of hydrogen-bond acceptors (Lipinski definition) is 4. The maximum atomic E-state index is 12.2. The summed E-state index contributed by atoms with van der Waals surface area (Å²) >= 11 is 3.58. The Balaban J connectivity index is 2.01. The number of aromatic nitrogens is 2. The first kappa shape index (κ1) is 15.7. The number of morpholine rings is 1. The monoisotopic (exact) mass is 343 g/mol. The molecule has 0 saturated carbocycles. The summed E-state index contributed by atoms with van der Waals surface area (Å²) in [7, 11) is 0. The molecule has 5 nitrogen and oxygen atoms in total. The van der Waals surface area contributed by atoms with E-state index in [2.05, 4.69) is 33.3 Å². The van der Waals surface area contributed by atoms with Crippen LogP contribution in [0.25, 0.3) is 0 Å². The summed E-state index contributed by atoms with van der Waals surface area (Å²) in [5, 5.41) is 7.77. The molecule has 112 valence electrons. The highest BCUT2D eigenvalue weighted by atomic mass is 79.9. The summed E-state index contributed by atoms with van der Waals surface area (Å²) in [6.07, 6.45) is 1.76. The molecular formula is C14H22BrN3O2. The molecule has 1 unspecified atom stereocenters. The number of ketones is 1. The van der Waals surface area contributed by atoms with Gasteiger partial charge in [0.25, 0.3) is 0 Å². The third-order valence-corrected chi connectivity index (χ3v) is 4.43. The molecule has 0 radical (unpaired) electrons. The smallest absolute Gasteiger partial charge is 0.141 e. The first-order valence-corrected chi connectivity index (χ1v) is 8.03. The fourth-order valence-corrected chi connectivity index (χ4v) is 3.15. The number of nitrogens with one attached hydrogen (secondary N) is 1. The van der Waals surface area contributed by atoms with Crippen molar-refractivity contribution in [3.63, 3.8) is 0 Å². The van der Waals surface area contributed by atoms with Crippen molar-refractivity contribution >= 4 is 21.7 Å². The van der Waals surface area contributed by atoms with Gasteiger partial charge in [0.05, 0.1) is 28.6 Å². The molecule has 0 aromatic carbocycles. The Morgan fingerprint density at radius 1 is 1.55 bits per heavy atom. The number of aryl methyl sites for hydroxylation is 2. The van der Waals surface area contributed by atoms with Gasteiger partial charge >= 0.3 is 0 Å². The molecule has 20 heavy (non-hydrogen) atoms. The van der Waals surface area contributed by atoms with Crippen LogP contribution >= 0.6 is 15.9 Å². The maximum absolute atomic E-state index is 12.2. The van der Waals surface area contributed by atoms with Crippen LogP contribution in [0.3, 0.4) is 0 Å². The zero-order valence-electron chi connectivity index (χ0n) is 12.1. The SMILES string of the molecule is CCc1nn(CC)c(CC(=O)CC2CNCCO2)c1Br.